The minimum atomic E-state index is 0.339. The molecule has 0 aliphatic rings. The van der Waals surface area contributed by atoms with E-state index in [1.165, 1.54) is 0 Å². The van der Waals surface area contributed by atoms with Crippen molar-refractivity contribution >= 4 is 12.6 Å². The molecule has 1 unspecified atom stereocenters. The molecule has 0 rings (SSSR count). The van der Waals surface area contributed by atoms with Crippen molar-refractivity contribution in [2.24, 2.45) is 5.41 Å². The molecule has 0 N–H and O–H groups in total. The van der Waals surface area contributed by atoms with E-state index in [0.29, 0.717) is 11.5 Å². The zero-order valence-corrected chi connectivity index (χ0v) is 8.57. The summed E-state index contributed by atoms with van der Waals surface area (Å²) in [5.74, 6) is 0.927. The van der Waals surface area contributed by atoms with Crippen molar-refractivity contribution in [2.45, 2.75) is 26.8 Å². The highest BCUT2D eigenvalue weighted by Gasteiger charge is 2.24. The molecule has 0 saturated carbocycles. The van der Waals surface area contributed by atoms with Crippen LogP contribution in [0.1, 0.15) is 20.8 Å². The van der Waals surface area contributed by atoms with Crippen LogP contribution in [0.15, 0.2) is 0 Å². The van der Waals surface area contributed by atoms with Gasteiger partial charge in [0.2, 0.25) is 0 Å². The summed E-state index contributed by atoms with van der Waals surface area (Å²) >= 11 is 4.31. The average molecular weight is 161 g/mol. The summed E-state index contributed by atoms with van der Waals surface area (Å²) in [5.41, 5.74) is 0.339. The molecule has 0 fully saturated rings. The lowest BCUT2D eigenvalue weighted by molar-refractivity contribution is 0.174. The summed E-state index contributed by atoms with van der Waals surface area (Å²) < 4.78 is 0. The van der Waals surface area contributed by atoms with Crippen molar-refractivity contribution in [2.75, 3.05) is 19.8 Å². The highest BCUT2D eigenvalue weighted by Crippen LogP contribution is 2.23. The van der Waals surface area contributed by atoms with E-state index in [4.69, 9.17) is 0 Å². The summed E-state index contributed by atoms with van der Waals surface area (Å²) in [7, 11) is 4.21. The maximum atomic E-state index is 4.31. The Kier molecular flexibility index (Phi) is 3.74. The third-order valence-corrected chi connectivity index (χ3v) is 2.14. The molecule has 0 heterocycles. The number of thiol groups is 1. The van der Waals surface area contributed by atoms with Crippen molar-refractivity contribution in [1.82, 2.24) is 4.90 Å². The van der Waals surface area contributed by atoms with E-state index in [-0.39, 0.29) is 0 Å². The first-order chi connectivity index (χ1) is 4.39. The molecule has 0 aliphatic heterocycles. The molecule has 0 aliphatic carbocycles. The lowest BCUT2D eigenvalue weighted by Gasteiger charge is -2.34. The smallest absolute Gasteiger partial charge is 0.0226 e. The standard InChI is InChI=1S/C8H19NS/c1-8(2,3)7(6-10)9(4)5/h7,10H,6H2,1-5H3. The molecular weight excluding hydrogens is 142 g/mol. The van der Waals surface area contributed by atoms with Gasteiger partial charge in [-0.1, -0.05) is 20.8 Å². The van der Waals surface area contributed by atoms with Gasteiger partial charge in [-0.25, -0.2) is 0 Å². The normalized spacial score (nSPS) is 15.9. The molecule has 1 nitrogen and oxygen atoms in total. The Balaban J connectivity index is 4.07. The Labute approximate surface area is 70.2 Å². The third-order valence-electron chi connectivity index (χ3n) is 1.80. The third kappa shape index (κ3) is 2.93. The minimum Gasteiger partial charge on any atom is -0.305 e. The van der Waals surface area contributed by atoms with Gasteiger partial charge in [-0.3, -0.25) is 0 Å². The Morgan fingerprint density at radius 1 is 1.30 bits per heavy atom. The Morgan fingerprint density at radius 2 is 1.70 bits per heavy atom. The molecule has 0 aromatic heterocycles. The van der Waals surface area contributed by atoms with Crippen molar-refractivity contribution < 1.29 is 0 Å². The van der Waals surface area contributed by atoms with Crippen LogP contribution in [0.2, 0.25) is 0 Å². The second kappa shape index (κ2) is 3.63. The van der Waals surface area contributed by atoms with Crippen molar-refractivity contribution in [3.8, 4) is 0 Å². The van der Waals surface area contributed by atoms with Gasteiger partial charge in [0, 0.05) is 11.8 Å². The highest BCUT2D eigenvalue weighted by molar-refractivity contribution is 7.80. The quantitative estimate of drug-likeness (QED) is 0.605. The second-order valence-electron chi connectivity index (χ2n) is 4.03. The maximum Gasteiger partial charge on any atom is 0.0226 e. The van der Waals surface area contributed by atoms with Gasteiger partial charge >= 0.3 is 0 Å². The summed E-state index contributed by atoms with van der Waals surface area (Å²) in [6.45, 7) is 6.73. The summed E-state index contributed by atoms with van der Waals surface area (Å²) in [4.78, 5) is 2.23. The van der Waals surface area contributed by atoms with E-state index in [1.807, 2.05) is 0 Å². The van der Waals surface area contributed by atoms with Crippen LogP contribution in [0.4, 0.5) is 0 Å². The van der Waals surface area contributed by atoms with Gasteiger partial charge in [-0.2, -0.15) is 12.6 Å². The van der Waals surface area contributed by atoms with Gasteiger partial charge < -0.3 is 4.90 Å². The molecule has 2 heteroatoms. The number of nitrogens with zero attached hydrogens (tertiary/aromatic N) is 1. The van der Waals surface area contributed by atoms with Crippen LogP contribution in [0, 0.1) is 5.41 Å². The van der Waals surface area contributed by atoms with Gasteiger partial charge in [0.1, 0.15) is 0 Å². The first-order valence-corrected chi connectivity index (χ1v) is 4.30. The SMILES string of the molecule is CN(C)C(CS)C(C)(C)C. The van der Waals surface area contributed by atoms with Crippen LogP contribution in [0.25, 0.3) is 0 Å². The molecule has 0 aromatic rings. The molecule has 62 valence electrons. The molecule has 1 atom stereocenters. The van der Waals surface area contributed by atoms with E-state index < -0.39 is 0 Å². The van der Waals surface area contributed by atoms with Gasteiger partial charge in [-0.05, 0) is 19.5 Å². The van der Waals surface area contributed by atoms with Crippen LogP contribution < -0.4 is 0 Å². The van der Waals surface area contributed by atoms with Crippen molar-refractivity contribution in [3.63, 3.8) is 0 Å². The Hall–Kier alpha value is 0.310. The first-order valence-electron chi connectivity index (χ1n) is 3.67. The fourth-order valence-electron chi connectivity index (χ4n) is 1.21. The van der Waals surface area contributed by atoms with Gasteiger partial charge in [-0.15, -0.1) is 0 Å². The minimum absolute atomic E-state index is 0.339. The van der Waals surface area contributed by atoms with Crippen LogP contribution in [-0.2, 0) is 0 Å². The topological polar surface area (TPSA) is 3.24 Å². The van der Waals surface area contributed by atoms with E-state index in [9.17, 15) is 0 Å². The average Bonchev–Trinajstić information content (AvgIpc) is 1.60. The monoisotopic (exact) mass is 161 g/mol. The van der Waals surface area contributed by atoms with Gasteiger partial charge in [0.05, 0.1) is 0 Å². The Bertz CT molecular complexity index is 93.9. The molecule has 0 spiro atoms. The Morgan fingerprint density at radius 3 is 1.70 bits per heavy atom. The largest absolute Gasteiger partial charge is 0.305 e. The van der Waals surface area contributed by atoms with E-state index >= 15 is 0 Å². The lowest BCUT2D eigenvalue weighted by Crippen LogP contribution is -2.40. The number of rotatable bonds is 2. The first kappa shape index (κ1) is 10.3. The summed E-state index contributed by atoms with van der Waals surface area (Å²) in [5, 5.41) is 0. The fourth-order valence-corrected chi connectivity index (χ4v) is 2.09. The van der Waals surface area contributed by atoms with Crippen molar-refractivity contribution in [3.05, 3.63) is 0 Å². The summed E-state index contributed by atoms with van der Waals surface area (Å²) in [6, 6.07) is 0.566. The second-order valence-corrected chi connectivity index (χ2v) is 4.39. The predicted molar refractivity (Wildman–Crippen MR) is 50.8 cm³/mol. The number of hydrogen-bond acceptors (Lipinski definition) is 2. The van der Waals surface area contributed by atoms with Crippen LogP contribution >= 0.6 is 12.6 Å². The number of hydrogen-bond donors (Lipinski definition) is 1. The van der Waals surface area contributed by atoms with E-state index in [0.717, 1.165) is 5.75 Å². The molecule has 10 heavy (non-hydrogen) atoms. The van der Waals surface area contributed by atoms with Crippen LogP contribution in [0.5, 0.6) is 0 Å². The summed E-state index contributed by atoms with van der Waals surface area (Å²) in [6.07, 6.45) is 0. The van der Waals surface area contributed by atoms with E-state index in [2.05, 4.69) is 52.4 Å². The molecule has 0 amide bonds. The zero-order chi connectivity index (χ0) is 8.36. The van der Waals surface area contributed by atoms with E-state index in [1.54, 1.807) is 0 Å². The molecule has 0 radical (unpaired) electrons. The highest BCUT2D eigenvalue weighted by atomic mass is 32.1. The van der Waals surface area contributed by atoms with Gasteiger partial charge in [0.25, 0.3) is 0 Å². The van der Waals surface area contributed by atoms with Crippen molar-refractivity contribution in [1.29, 1.82) is 0 Å². The fraction of sp³-hybridized carbons (Fsp3) is 1.00. The molecule has 0 aromatic carbocycles. The van der Waals surface area contributed by atoms with Gasteiger partial charge in [0.15, 0.2) is 0 Å². The molecule has 0 saturated heterocycles. The van der Waals surface area contributed by atoms with Crippen LogP contribution in [-0.4, -0.2) is 30.8 Å². The molecule has 0 bridgehead atoms. The predicted octanol–water partition coefficient (Wildman–Crippen LogP) is 1.89. The molecular formula is C8H19NS. The lowest BCUT2D eigenvalue weighted by atomic mass is 9.87. The maximum absolute atomic E-state index is 4.31. The zero-order valence-electron chi connectivity index (χ0n) is 7.68. The van der Waals surface area contributed by atoms with Crippen LogP contribution in [0.3, 0.4) is 0 Å².